The highest BCUT2D eigenvalue weighted by Gasteiger charge is 2.08. The molecule has 24 heavy (non-hydrogen) atoms. The molecule has 0 atom stereocenters. The normalized spacial score (nSPS) is 10.7. The Morgan fingerprint density at radius 2 is 1.17 bits per heavy atom. The predicted molar refractivity (Wildman–Crippen MR) is 105 cm³/mol. The lowest BCUT2D eigenvalue weighted by atomic mass is 10.2. The third kappa shape index (κ3) is 5.63. The molecule has 0 unspecified atom stereocenters. The maximum Gasteiger partial charge on any atom is 0.0604 e. The Morgan fingerprint density at radius 1 is 0.750 bits per heavy atom. The number of anilines is 2. The molecule has 0 saturated carbocycles. The van der Waals surface area contributed by atoms with E-state index in [9.17, 15) is 0 Å². The van der Waals surface area contributed by atoms with E-state index < -0.39 is 0 Å². The van der Waals surface area contributed by atoms with Crippen molar-refractivity contribution in [3.05, 3.63) is 47.5 Å². The summed E-state index contributed by atoms with van der Waals surface area (Å²) in [6.45, 7) is 5.44. The van der Waals surface area contributed by atoms with Crippen molar-refractivity contribution in [3.8, 4) is 0 Å². The van der Waals surface area contributed by atoms with Crippen LogP contribution >= 0.6 is 21.6 Å². The summed E-state index contributed by atoms with van der Waals surface area (Å²) in [7, 11) is 3.38. The van der Waals surface area contributed by atoms with Crippen LogP contribution in [0.3, 0.4) is 0 Å². The number of aliphatic hydroxyl groups is 2. The number of nitrogens with one attached hydrogen (secondary N) is 2. The van der Waals surface area contributed by atoms with Crippen molar-refractivity contribution in [2.75, 3.05) is 36.9 Å². The van der Waals surface area contributed by atoms with E-state index in [0.717, 1.165) is 21.2 Å². The largest absolute Gasteiger partial charge is 0.395 e. The molecule has 0 saturated heterocycles. The van der Waals surface area contributed by atoms with Crippen LogP contribution in [0, 0.1) is 13.8 Å². The van der Waals surface area contributed by atoms with Gasteiger partial charge in [0.25, 0.3) is 0 Å². The van der Waals surface area contributed by atoms with Crippen LogP contribution in [-0.2, 0) is 0 Å². The van der Waals surface area contributed by atoms with Gasteiger partial charge in [-0.25, -0.2) is 0 Å². The van der Waals surface area contributed by atoms with Crippen LogP contribution in [0.15, 0.2) is 46.2 Å². The molecule has 0 aliphatic carbocycles. The van der Waals surface area contributed by atoms with E-state index in [1.54, 1.807) is 21.6 Å². The molecule has 2 aromatic rings. The third-order valence-electron chi connectivity index (χ3n) is 3.35. The third-order valence-corrected chi connectivity index (χ3v) is 5.80. The Kier molecular flexibility index (Phi) is 7.78. The quantitative estimate of drug-likeness (QED) is 0.506. The van der Waals surface area contributed by atoms with Gasteiger partial charge in [-0.3, -0.25) is 0 Å². The minimum atomic E-state index is 0.109. The smallest absolute Gasteiger partial charge is 0.0604 e. The first-order valence-electron chi connectivity index (χ1n) is 7.89. The molecule has 6 heteroatoms. The van der Waals surface area contributed by atoms with Crippen LogP contribution < -0.4 is 10.6 Å². The molecule has 0 bridgehead atoms. The summed E-state index contributed by atoms with van der Waals surface area (Å²) in [5, 5.41) is 24.6. The van der Waals surface area contributed by atoms with E-state index in [1.807, 2.05) is 0 Å². The standard InChI is InChI=1S/C18H24N2O2S2/c1-13-3-5-15(19-7-9-21)17(11-13)23-24-18-12-14(2)4-6-16(18)20-8-10-22/h3-6,11-12,19-22H,7-10H2,1-2H3. The van der Waals surface area contributed by atoms with Gasteiger partial charge in [-0.1, -0.05) is 33.7 Å². The van der Waals surface area contributed by atoms with E-state index in [1.165, 1.54) is 11.1 Å². The molecule has 2 rings (SSSR count). The van der Waals surface area contributed by atoms with Gasteiger partial charge in [0.15, 0.2) is 0 Å². The SMILES string of the molecule is Cc1ccc(NCCO)c(SSc2cc(C)ccc2NCCO)c1. The summed E-state index contributed by atoms with van der Waals surface area (Å²) in [5.41, 5.74) is 4.47. The van der Waals surface area contributed by atoms with Crippen LogP contribution in [0.25, 0.3) is 0 Å². The molecule has 4 nitrogen and oxygen atoms in total. The van der Waals surface area contributed by atoms with Crippen LogP contribution in [0.1, 0.15) is 11.1 Å². The van der Waals surface area contributed by atoms with Crippen LogP contribution in [0.5, 0.6) is 0 Å². The van der Waals surface area contributed by atoms with Gasteiger partial charge < -0.3 is 20.8 Å². The minimum absolute atomic E-state index is 0.109. The molecule has 0 fully saturated rings. The zero-order chi connectivity index (χ0) is 17.4. The Morgan fingerprint density at radius 3 is 1.54 bits per heavy atom. The molecule has 130 valence electrons. The lowest BCUT2D eigenvalue weighted by Crippen LogP contribution is -2.06. The van der Waals surface area contributed by atoms with Crippen LogP contribution in [0.4, 0.5) is 11.4 Å². The molecular weight excluding hydrogens is 340 g/mol. The fourth-order valence-electron chi connectivity index (χ4n) is 2.16. The molecule has 0 radical (unpaired) electrons. The first-order chi connectivity index (χ1) is 11.6. The second-order valence-corrected chi connectivity index (χ2v) is 7.68. The van der Waals surface area contributed by atoms with E-state index in [-0.39, 0.29) is 13.2 Å². The summed E-state index contributed by atoms with van der Waals surface area (Å²) < 4.78 is 0. The fourth-order valence-corrected chi connectivity index (χ4v) is 4.63. The van der Waals surface area contributed by atoms with Crippen LogP contribution in [0.2, 0.25) is 0 Å². The minimum Gasteiger partial charge on any atom is -0.395 e. The number of hydrogen-bond acceptors (Lipinski definition) is 6. The van der Waals surface area contributed by atoms with Crippen molar-refractivity contribution >= 4 is 33.0 Å². The fraction of sp³-hybridized carbons (Fsp3) is 0.333. The molecular formula is C18H24N2O2S2. The molecule has 0 spiro atoms. The predicted octanol–water partition coefficient (Wildman–Crippen LogP) is 3.91. The highest BCUT2D eigenvalue weighted by atomic mass is 33.1. The number of aliphatic hydroxyl groups excluding tert-OH is 2. The molecule has 0 aromatic heterocycles. The van der Waals surface area contributed by atoms with Gasteiger partial charge in [0, 0.05) is 34.3 Å². The molecule has 0 amide bonds. The second-order valence-electron chi connectivity index (χ2n) is 5.47. The Bertz CT molecular complexity index is 608. The molecule has 0 aliphatic rings. The monoisotopic (exact) mass is 364 g/mol. The van der Waals surface area contributed by atoms with Crippen LogP contribution in [-0.4, -0.2) is 36.5 Å². The Labute approximate surface area is 151 Å². The van der Waals surface area contributed by atoms with E-state index >= 15 is 0 Å². The first-order valence-corrected chi connectivity index (χ1v) is 10.0. The molecule has 0 heterocycles. The van der Waals surface area contributed by atoms with Crippen molar-refractivity contribution in [3.63, 3.8) is 0 Å². The highest BCUT2D eigenvalue weighted by Crippen LogP contribution is 2.44. The van der Waals surface area contributed by atoms with Gasteiger partial charge >= 0.3 is 0 Å². The zero-order valence-electron chi connectivity index (χ0n) is 14.0. The summed E-state index contributed by atoms with van der Waals surface area (Å²) in [6.07, 6.45) is 0. The second kappa shape index (κ2) is 9.84. The van der Waals surface area contributed by atoms with Crippen molar-refractivity contribution in [1.29, 1.82) is 0 Å². The zero-order valence-corrected chi connectivity index (χ0v) is 15.6. The van der Waals surface area contributed by atoms with Crippen molar-refractivity contribution in [1.82, 2.24) is 0 Å². The maximum absolute atomic E-state index is 9.03. The molecule has 4 N–H and O–H groups in total. The molecule has 0 aliphatic heterocycles. The van der Waals surface area contributed by atoms with Gasteiger partial charge in [-0.15, -0.1) is 0 Å². The lowest BCUT2D eigenvalue weighted by Gasteiger charge is -2.14. The first kappa shape index (κ1) is 19.0. The van der Waals surface area contributed by atoms with Gasteiger partial charge in [0.2, 0.25) is 0 Å². The van der Waals surface area contributed by atoms with Gasteiger partial charge in [-0.2, -0.15) is 0 Å². The maximum atomic E-state index is 9.03. The summed E-state index contributed by atoms with van der Waals surface area (Å²) >= 11 is 0. The van der Waals surface area contributed by atoms with Gasteiger partial charge in [-0.05, 0) is 49.2 Å². The summed E-state index contributed by atoms with van der Waals surface area (Å²) in [4.78, 5) is 2.28. The van der Waals surface area contributed by atoms with Crippen molar-refractivity contribution in [2.24, 2.45) is 0 Å². The highest BCUT2D eigenvalue weighted by molar-refractivity contribution is 8.76. The summed E-state index contributed by atoms with van der Waals surface area (Å²) in [5.74, 6) is 0. The van der Waals surface area contributed by atoms with E-state index in [4.69, 9.17) is 10.2 Å². The average molecular weight is 365 g/mol. The topological polar surface area (TPSA) is 64.5 Å². The van der Waals surface area contributed by atoms with Crippen molar-refractivity contribution < 1.29 is 10.2 Å². The van der Waals surface area contributed by atoms with E-state index in [2.05, 4.69) is 60.9 Å². The summed E-state index contributed by atoms with van der Waals surface area (Å²) in [6, 6.07) is 12.5. The van der Waals surface area contributed by atoms with E-state index in [0.29, 0.717) is 13.1 Å². The van der Waals surface area contributed by atoms with Gasteiger partial charge in [0.1, 0.15) is 0 Å². The number of hydrogen-bond donors (Lipinski definition) is 4. The Balaban J connectivity index is 2.15. The van der Waals surface area contributed by atoms with Crippen molar-refractivity contribution in [2.45, 2.75) is 23.6 Å². The lowest BCUT2D eigenvalue weighted by molar-refractivity contribution is 0.310. The number of benzene rings is 2. The molecule has 2 aromatic carbocycles. The average Bonchev–Trinajstić information content (AvgIpc) is 2.58. The Hall–Kier alpha value is -1.34. The number of rotatable bonds is 9. The number of aryl methyl sites for hydroxylation is 2. The van der Waals surface area contributed by atoms with Gasteiger partial charge in [0.05, 0.1) is 13.2 Å².